The average Bonchev–Trinajstić information content (AvgIpc) is 2.96. The van der Waals surface area contributed by atoms with Crippen LogP contribution >= 0.6 is 0 Å². The Morgan fingerprint density at radius 2 is 1.93 bits per heavy atom. The van der Waals surface area contributed by atoms with Gasteiger partial charge in [0.2, 0.25) is 5.95 Å². The fraction of sp³-hybridized carbons (Fsp3) is 0.421. The highest BCUT2D eigenvalue weighted by Gasteiger charge is 2.19. The number of benzene rings is 1. The normalized spacial score (nSPS) is 15.3. The standard InChI is InChI=1S/C19H24FN7/c1-26-17(21)15-16(13-7-3-4-8-14(13)20)23-19(24-18(15)25-26)22-9-12-27-10-5-2-6-11-27/h3-4,7-8H,2,5-6,9-12,21H2,1H3,(H,22,24,25). The van der Waals surface area contributed by atoms with Gasteiger partial charge >= 0.3 is 0 Å². The molecule has 0 unspecified atom stereocenters. The zero-order valence-corrected chi connectivity index (χ0v) is 15.5. The number of nitrogens with one attached hydrogen (secondary N) is 1. The van der Waals surface area contributed by atoms with Crippen molar-refractivity contribution in [1.29, 1.82) is 0 Å². The highest BCUT2D eigenvalue weighted by Crippen LogP contribution is 2.32. The third-order valence-electron chi connectivity index (χ3n) is 5.03. The number of aryl methyl sites for hydroxylation is 1. The summed E-state index contributed by atoms with van der Waals surface area (Å²) in [6.07, 6.45) is 3.83. The van der Waals surface area contributed by atoms with E-state index in [0.717, 1.165) is 26.2 Å². The summed E-state index contributed by atoms with van der Waals surface area (Å²) in [5, 5.41) is 8.19. The van der Waals surface area contributed by atoms with Crippen LogP contribution in [0.5, 0.6) is 0 Å². The third-order valence-corrected chi connectivity index (χ3v) is 5.03. The van der Waals surface area contributed by atoms with E-state index in [-0.39, 0.29) is 5.82 Å². The van der Waals surface area contributed by atoms with E-state index in [4.69, 9.17) is 5.73 Å². The molecular weight excluding hydrogens is 345 g/mol. The van der Waals surface area contributed by atoms with Crippen molar-refractivity contribution in [3.8, 4) is 11.3 Å². The average molecular weight is 369 g/mol. The van der Waals surface area contributed by atoms with Gasteiger partial charge in [0.1, 0.15) is 11.6 Å². The second-order valence-corrected chi connectivity index (χ2v) is 6.91. The van der Waals surface area contributed by atoms with Crippen LogP contribution in [0, 0.1) is 5.82 Å². The number of fused-ring (bicyclic) bond motifs is 1. The lowest BCUT2D eigenvalue weighted by atomic mass is 10.1. The van der Waals surface area contributed by atoms with Gasteiger partial charge in [-0.3, -0.25) is 4.68 Å². The number of likely N-dealkylation sites (tertiary alicyclic amines) is 1. The quantitative estimate of drug-likeness (QED) is 0.719. The molecule has 0 spiro atoms. The lowest BCUT2D eigenvalue weighted by molar-refractivity contribution is 0.237. The molecule has 1 aromatic carbocycles. The molecule has 1 aliphatic rings. The molecule has 1 aliphatic heterocycles. The number of rotatable bonds is 5. The molecule has 1 saturated heterocycles. The molecule has 3 heterocycles. The summed E-state index contributed by atoms with van der Waals surface area (Å²) in [6.45, 7) is 3.93. The van der Waals surface area contributed by atoms with Gasteiger partial charge in [0.25, 0.3) is 0 Å². The topological polar surface area (TPSA) is 84.9 Å². The molecule has 3 aromatic rings. The Labute approximate surface area is 157 Å². The predicted octanol–water partition coefficient (Wildman–Crippen LogP) is 2.65. The van der Waals surface area contributed by atoms with Crippen LogP contribution in [0.3, 0.4) is 0 Å². The molecule has 0 amide bonds. The molecule has 142 valence electrons. The van der Waals surface area contributed by atoms with Crippen LogP contribution < -0.4 is 11.1 Å². The molecule has 0 aliphatic carbocycles. The molecule has 0 atom stereocenters. The van der Waals surface area contributed by atoms with E-state index in [1.165, 1.54) is 25.3 Å². The summed E-state index contributed by atoms with van der Waals surface area (Å²) in [7, 11) is 1.74. The molecule has 3 N–H and O–H groups in total. The number of aromatic nitrogens is 4. The van der Waals surface area contributed by atoms with Gasteiger partial charge < -0.3 is 16.0 Å². The van der Waals surface area contributed by atoms with Gasteiger partial charge in [0.15, 0.2) is 5.65 Å². The Hall–Kier alpha value is -2.74. The summed E-state index contributed by atoms with van der Waals surface area (Å²) in [5.74, 6) is 0.513. The van der Waals surface area contributed by atoms with Gasteiger partial charge in [-0.25, -0.2) is 9.37 Å². The molecule has 4 rings (SSSR count). The first-order valence-corrected chi connectivity index (χ1v) is 9.35. The lowest BCUT2D eigenvalue weighted by Gasteiger charge is -2.26. The Bertz CT molecular complexity index is 947. The van der Waals surface area contributed by atoms with Gasteiger partial charge in [0, 0.05) is 25.7 Å². The van der Waals surface area contributed by atoms with Crippen molar-refractivity contribution in [3.63, 3.8) is 0 Å². The molecule has 0 radical (unpaired) electrons. The van der Waals surface area contributed by atoms with Crippen molar-refractivity contribution in [2.75, 3.05) is 37.2 Å². The number of nitrogen functional groups attached to an aromatic ring is 1. The monoisotopic (exact) mass is 369 g/mol. The fourth-order valence-corrected chi connectivity index (χ4v) is 3.55. The number of hydrogen-bond acceptors (Lipinski definition) is 6. The van der Waals surface area contributed by atoms with E-state index in [0.29, 0.717) is 34.1 Å². The van der Waals surface area contributed by atoms with Crippen molar-refractivity contribution in [2.45, 2.75) is 19.3 Å². The van der Waals surface area contributed by atoms with E-state index in [9.17, 15) is 4.39 Å². The Morgan fingerprint density at radius 1 is 1.15 bits per heavy atom. The minimum Gasteiger partial charge on any atom is -0.383 e. The summed E-state index contributed by atoms with van der Waals surface area (Å²) < 4.78 is 16.0. The molecule has 0 bridgehead atoms. The summed E-state index contributed by atoms with van der Waals surface area (Å²) in [5.41, 5.74) is 7.46. The fourth-order valence-electron chi connectivity index (χ4n) is 3.55. The minimum atomic E-state index is -0.347. The molecular formula is C19H24FN7. The third kappa shape index (κ3) is 3.57. The molecule has 2 aromatic heterocycles. The van der Waals surface area contributed by atoms with Crippen molar-refractivity contribution < 1.29 is 4.39 Å². The summed E-state index contributed by atoms with van der Waals surface area (Å²) >= 11 is 0. The SMILES string of the molecule is Cn1nc2nc(NCCN3CCCCC3)nc(-c3ccccc3F)c2c1N. The number of piperidine rings is 1. The van der Waals surface area contributed by atoms with Crippen LogP contribution in [0.15, 0.2) is 24.3 Å². The van der Waals surface area contributed by atoms with E-state index < -0.39 is 0 Å². The summed E-state index contributed by atoms with van der Waals surface area (Å²) in [4.78, 5) is 11.5. The van der Waals surface area contributed by atoms with Crippen molar-refractivity contribution in [3.05, 3.63) is 30.1 Å². The maximum absolute atomic E-state index is 14.4. The van der Waals surface area contributed by atoms with Crippen LogP contribution in [0.2, 0.25) is 0 Å². The molecule has 27 heavy (non-hydrogen) atoms. The Morgan fingerprint density at radius 3 is 2.70 bits per heavy atom. The Kier molecular flexibility index (Phi) is 4.89. The summed E-state index contributed by atoms with van der Waals surface area (Å²) in [6, 6.07) is 6.55. The first kappa shape index (κ1) is 17.7. The highest BCUT2D eigenvalue weighted by atomic mass is 19.1. The van der Waals surface area contributed by atoms with Crippen molar-refractivity contribution >= 4 is 22.8 Å². The van der Waals surface area contributed by atoms with E-state index in [2.05, 4.69) is 25.3 Å². The van der Waals surface area contributed by atoms with Crippen molar-refractivity contribution in [1.82, 2.24) is 24.6 Å². The van der Waals surface area contributed by atoms with E-state index in [1.807, 2.05) is 0 Å². The van der Waals surface area contributed by atoms with Crippen molar-refractivity contribution in [2.24, 2.45) is 7.05 Å². The number of anilines is 2. The maximum atomic E-state index is 14.4. The first-order valence-electron chi connectivity index (χ1n) is 9.35. The maximum Gasteiger partial charge on any atom is 0.225 e. The van der Waals surface area contributed by atoms with Crippen LogP contribution in [-0.4, -0.2) is 50.8 Å². The minimum absolute atomic E-state index is 0.347. The van der Waals surface area contributed by atoms with Crippen LogP contribution in [0.1, 0.15) is 19.3 Å². The van der Waals surface area contributed by atoms with Gasteiger partial charge in [-0.2, -0.15) is 10.1 Å². The predicted molar refractivity (Wildman–Crippen MR) is 105 cm³/mol. The van der Waals surface area contributed by atoms with Gasteiger partial charge in [-0.1, -0.05) is 18.6 Å². The van der Waals surface area contributed by atoms with Gasteiger partial charge in [-0.15, -0.1) is 0 Å². The van der Waals surface area contributed by atoms with Crippen LogP contribution in [0.4, 0.5) is 16.2 Å². The van der Waals surface area contributed by atoms with Crippen LogP contribution in [-0.2, 0) is 7.05 Å². The number of nitrogens with zero attached hydrogens (tertiary/aromatic N) is 5. The highest BCUT2D eigenvalue weighted by molar-refractivity contribution is 5.98. The smallest absolute Gasteiger partial charge is 0.225 e. The molecule has 8 heteroatoms. The van der Waals surface area contributed by atoms with E-state index >= 15 is 0 Å². The number of nitrogens with two attached hydrogens (primary N) is 1. The zero-order valence-electron chi connectivity index (χ0n) is 15.5. The second-order valence-electron chi connectivity index (χ2n) is 6.91. The largest absolute Gasteiger partial charge is 0.383 e. The second kappa shape index (κ2) is 7.48. The number of hydrogen-bond donors (Lipinski definition) is 2. The molecule has 0 saturated carbocycles. The zero-order chi connectivity index (χ0) is 18.8. The van der Waals surface area contributed by atoms with Crippen LogP contribution in [0.25, 0.3) is 22.3 Å². The van der Waals surface area contributed by atoms with E-state index in [1.54, 1.807) is 29.9 Å². The lowest BCUT2D eigenvalue weighted by Crippen LogP contribution is -2.33. The molecule has 7 nitrogen and oxygen atoms in total. The molecule has 1 fully saturated rings. The van der Waals surface area contributed by atoms with Gasteiger partial charge in [0.05, 0.1) is 11.1 Å². The van der Waals surface area contributed by atoms with Gasteiger partial charge in [-0.05, 0) is 38.1 Å². The Balaban J connectivity index is 1.65. The number of halogens is 1. The first-order chi connectivity index (χ1) is 13.1.